The molecule has 0 saturated carbocycles. The maximum absolute atomic E-state index is 12.8. The first-order valence-corrected chi connectivity index (χ1v) is 11.1. The van der Waals surface area contributed by atoms with Gasteiger partial charge in [0.1, 0.15) is 5.65 Å². The maximum Gasteiger partial charge on any atom is 0.303 e. The highest BCUT2D eigenvalue weighted by Crippen LogP contribution is 2.30. The number of carboxylic acids is 1. The van der Waals surface area contributed by atoms with Crippen molar-refractivity contribution in [1.82, 2.24) is 14.5 Å². The van der Waals surface area contributed by atoms with Gasteiger partial charge >= 0.3 is 5.97 Å². The summed E-state index contributed by atoms with van der Waals surface area (Å²) >= 11 is 0. The van der Waals surface area contributed by atoms with Crippen molar-refractivity contribution >= 4 is 22.9 Å². The van der Waals surface area contributed by atoms with Crippen LogP contribution >= 0.6 is 0 Å². The number of carboxylic acid groups (broad SMARTS) is 1. The number of carbonyl (C=O) groups is 2. The van der Waals surface area contributed by atoms with E-state index in [2.05, 4.69) is 39.9 Å². The molecule has 2 aromatic heterocycles. The van der Waals surface area contributed by atoms with E-state index >= 15 is 0 Å². The van der Waals surface area contributed by atoms with Crippen LogP contribution < -0.4 is 0 Å². The standard InChI is InChI=1S/C25H29N3O3/c29-23(11-5-2-6-12-24(30)31)27-16-14-20-21-10-7-15-26-25(21)28(22(20)18-27)17-13-19-8-3-1-4-9-19/h1,3-4,7-10,15H,2,5-6,11-14,16-18H2,(H,30,31). The van der Waals surface area contributed by atoms with Crippen LogP contribution in [0.3, 0.4) is 0 Å². The predicted octanol–water partition coefficient (Wildman–Crippen LogP) is 4.20. The van der Waals surface area contributed by atoms with E-state index in [4.69, 9.17) is 5.11 Å². The minimum absolute atomic E-state index is 0.161. The lowest BCUT2D eigenvalue weighted by molar-refractivity contribution is -0.137. The summed E-state index contributed by atoms with van der Waals surface area (Å²) in [6, 6.07) is 14.6. The Hall–Kier alpha value is -3.15. The number of pyridine rings is 1. The summed E-state index contributed by atoms with van der Waals surface area (Å²) in [5, 5.41) is 9.94. The fraction of sp³-hybridized carbons (Fsp3) is 0.400. The van der Waals surface area contributed by atoms with Crippen LogP contribution in [0, 0.1) is 0 Å². The molecule has 162 valence electrons. The van der Waals surface area contributed by atoms with Crippen LogP contribution in [0.1, 0.15) is 48.9 Å². The SMILES string of the molecule is O=C(O)CCCCCC(=O)N1CCc2c(n(CCc3ccccc3)c3ncccc23)C1. The lowest BCUT2D eigenvalue weighted by Gasteiger charge is -2.28. The number of aryl methyl sites for hydroxylation is 2. The van der Waals surface area contributed by atoms with Gasteiger partial charge in [-0.2, -0.15) is 0 Å². The number of amides is 1. The van der Waals surface area contributed by atoms with E-state index in [0.29, 0.717) is 19.4 Å². The molecule has 0 unspecified atom stereocenters. The Balaban J connectivity index is 1.47. The fourth-order valence-electron chi connectivity index (χ4n) is 4.49. The highest BCUT2D eigenvalue weighted by Gasteiger charge is 2.26. The Morgan fingerprint density at radius 2 is 1.81 bits per heavy atom. The Labute approximate surface area is 182 Å². The zero-order chi connectivity index (χ0) is 21.6. The number of hydrogen-bond acceptors (Lipinski definition) is 3. The molecule has 1 aliphatic rings. The molecule has 3 aromatic rings. The summed E-state index contributed by atoms with van der Waals surface area (Å²) in [6.45, 7) is 2.19. The number of hydrogen-bond donors (Lipinski definition) is 1. The molecular formula is C25H29N3O3. The van der Waals surface area contributed by atoms with Crippen molar-refractivity contribution in [3.05, 3.63) is 65.5 Å². The van der Waals surface area contributed by atoms with E-state index in [0.717, 1.165) is 44.4 Å². The number of unbranched alkanes of at least 4 members (excludes halogenated alkanes) is 2. The summed E-state index contributed by atoms with van der Waals surface area (Å²) in [5.74, 6) is -0.611. The fourth-order valence-corrected chi connectivity index (χ4v) is 4.49. The van der Waals surface area contributed by atoms with Crippen LogP contribution in [0.2, 0.25) is 0 Å². The van der Waals surface area contributed by atoms with Crippen molar-refractivity contribution in [3.8, 4) is 0 Å². The molecule has 1 aliphatic heterocycles. The van der Waals surface area contributed by atoms with Crippen LogP contribution in [0.5, 0.6) is 0 Å². The lowest BCUT2D eigenvalue weighted by atomic mass is 10.0. The topological polar surface area (TPSA) is 75.4 Å². The first-order valence-electron chi connectivity index (χ1n) is 11.1. The second kappa shape index (κ2) is 9.77. The van der Waals surface area contributed by atoms with Crippen molar-refractivity contribution in [3.63, 3.8) is 0 Å². The van der Waals surface area contributed by atoms with Crippen molar-refractivity contribution in [2.24, 2.45) is 0 Å². The second-order valence-electron chi connectivity index (χ2n) is 8.21. The first-order chi connectivity index (χ1) is 15.1. The molecule has 0 atom stereocenters. The van der Waals surface area contributed by atoms with E-state index in [1.807, 2.05) is 23.2 Å². The van der Waals surface area contributed by atoms with Crippen molar-refractivity contribution in [1.29, 1.82) is 0 Å². The molecule has 3 heterocycles. The molecule has 4 rings (SSSR count). The maximum atomic E-state index is 12.8. The van der Waals surface area contributed by atoms with Crippen LogP contribution in [0.25, 0.3) is 11.0 Å². The van der Waals surface area contributed by atoms with Gasteiger partial charge in [-0.15, -0.1) is 0 Å². The van der Waals surface area contributed by atoms with E-state index in [1.54, 1.807) is 0 Å². The molecule has 0 aliphatic carbocycles. The zero-order valence-corrected chi connectivity index (χ0v) is 17.8. The Morgan fingerprint density at radius 3 is 2.61 bits per heavy atom. The molecule has 1 N–H and O–H groups in total. The van der Waals surface area contributed by atoms with Gasteiger partial charge < -0.3 is 14.6 Å². The van der Waals surface area contributed by atoms with Crippen molar-refractivity contribution in [2.45, 2.75) is 58.0 Å². The third-order valence-corrected chi connectivity index (χ3v) is 6.11. The number of aliphatic carboxylic acids is 1. The second-order valence-corrected chi connectivity index (χ2v) is 8.21. The average Bonchev–Trinajstić information content (AvgIpc) is 3.11. The quantitative estimate of drug-likeness (QED) is 0.528. The van der Waals surface area contributed by atoms with Gasteiger partial charge in [0, 0.05) is 43.2 Å². The minimum Gasteiger partial charge on any atom is -0.481 e. The smallest absolute Gasteiger partial charge is 0.303 e. The van der Waals surface area contributed by atoms with Gasteiger partial charge in [-0.3, -0.25) is 9.59 Å². The lowest BCUT2D eigenvalue weighted by Crippen LogP contribution is -2.36. The zero-order valence-electron chi connectivity index (χ0n) is 17.8. The predicted molar refractivity (Wildman–Crippen MR) is 120 cm³/mol. The molecule has 31 heavy (non-hydrogen) atoms. The van der Waals surface area contributed by atoms with Gasteiger partial charge in [-0.05, 0) is 48.9 Å². The minimum atomic E-state index is -0.771. The van der Waals surface area contributed by atoms with Gasteiger partial charge in [0.05, 0.1) is 6.54 Å². The van der Waals surface area contributed by atoms with Crippen molar-refractivity contribution < 1.29 is 14.7 Å². The molecule has 0 bridgehead atoms. The number of benzene rings is 1. The Bertz CT molecular complexity index is 1060. The third-order valence-electron chi connectivity index (χ3n) is 6.11. The van der Waals surface area contributed by atoms with Crippen LogP contribution in [0.15, 0.2) is 48.7 Å². The number of fused-ring (bicyclic) bond motifs is 3. The van der Waals surface area contributed by atoms with E-state index in [9.17, 15) is 9.59 Å². The van der Waals surface area contributed by atoms with Gasteiger partial charge in [-0.25, -0.2) is 4.98 Å². The van der Waals surface area contributed by atoms with E-state index in [1.165, 1.54) is 22.2 Å². The van der Waals surface area contributed by atoms with Crippen LogP contribution in [-0.2, 0) is 35.5 Å². The number of aromatic nitrogens is 2. The summed E-state index contributed by atoms with van der Waals surface area (Å²) < 4.78 is 2.30. The Kier molecular flexibility index (Phi) is 6.65. The van der Waals surface area contributed by atoms with Gasteiger partial charge in [0.25, 0.3) is 0 Å². The largest absolute Gasteiger partial charge is 0.481 e. The summed E-state index contributed by atoms with van der Waals surface area (Å²) in [6.07, 6.45) is 6.42. The summed E-state index contributed by atoms with van der Waals surface area (Å²) in [4.78, 5) is 30.0. The molecule has 0 saturated heterocycles. The molecule has 6 heteroatoms. The number of carbonyl (C=O) groups excluding carboxylic acids is 1. The molecular weight excluding hydrogens is 390 g/mol. The normalized spacial score (nSPS) is 13.4. The molecule has 0 radical (unpaired) electrons. The number of nitrogens with zero attached hydrogens (tertiary/aromatic N) is 3. The van der Waals surface area contributed by atoms with Crippen LogP contribution in [-0.4, -0.2) is 38.0 Å². The number of rotatable bonds is 9. The Morgan fingerprint density at radius 1 is 1.00 bits per heavy atom. The van der Waals surface area contributed by atoms with E-state index in [-0.39, 0.29) is 12.3 Å². The summed E-state index contributed by atoms with van der Waals surface area (Å²) in [5.41, 5.74) is 4.82. The van der Waals surface area contributed by atoms with Crippen molar-refractivity contribution in [2.75, 3.05) is 6.54 Å². The van der Waals surface area contributed by atoms with E-state index < -0.39 is 5.97 Å². The first kappa shape index (κ1) is 21.1. The monoisotopic (exact) mass is 419 g/mol. The van der Waals surface area contributed by atoms with Gasteiger partial charge in [0.15, 0.2) is 0 Å². The molecule has 0 spiro atoms. The average molecular weight is 420 g/mol. The molecule has 1 aromatic carbocycles. The highest BCUT2D eigenvalue weighted by atomic mass is 16.4. The molecule has 0 fully saturated rings. The van der Waals surface area contributed by atoms with Gasteiger partial charge in [-0.1, -0.05) is 36.8 Å². The summed E-state index contributed by atoms with van der Waals surface area (Å²) in [7, 11) is 0. The third kappa shape index (κ3) is 4.95. The molecule has 6 nitrogen and oxygen atoms in total. The highest BCUT2D eigenvalue weighted by molar-refractivity contribution is 5.83. The van der Waals surface area contributed by atoms with Gasteiger partial charge in [0.2, 0.25) is 5.91 Å². The van der Waals surface area contributed by atoms with Crippen LogP contribution in [0.4, 0.5) is 0 Å². The molecule has 1 amide bonds.